The van der Waals surface area contributed by atoms with Crippen molar-refractivity contribution in [3.05, 3.63) is 12.8 Å². The summed E-state index contributed by atoms with van der Waals surface area (Å²) in [7, 11) is 0. The number of amides is 6. The number of hydrazine groups is 6. The van der Waals surface area contributed by atoms with E-state index in [9.17, 15) is 28.8 Å². The predicted octanol–water partition coefficient (Wildman–Crippen LogP) is -1.46. The maximum absolute atomic E-state index is 10.2. The van der Waals surface area contributed by atoms with Gasteiger partial charge in [-0.05, 0) is 0 Å². The second kappa shape index (κ2) is 57.4. The van der Waals surface area contributed by atoms with Crippen molar-refractivity contribution >= 4 is 43.9 Å². The first kappa shape index (κ1) is 65.4. The Morgan fingerprint density at radius 3 is 0.711 bits per heavy atom. The van der Waals surface area contributed by atoms with Crippen molar-refractivity contribution in [3.8, 4) is 0 Å². The van der Waals surface area contributed by atoms with Gasteiger partial charge in [0.25, 0.3) is 0 Å². The van der Waals surface area contributed by atoms with Gasteiger partial charge in [0.15, 0.2) is 0 Å². The van der Waals surface area contributed by atoms with E-state index in [1.54, 1.807) is 10.9 Å². The molecule has 4 radical (unpaired) electrons. The minimum Gasteiger partial charge on any atom is -0.328 e. The zero-order valence-electron chi connectivity index (χ0n) is 26.0. The molecule has 2 rings (SSSR count). The van der Waals surface area contributed by atoms with Gasteiger partial charge < -0.3 is 12.8 Å². The second-order valence-electron chi connectivity index (χ2n) is 7.97. The van der Waals surface area contributed by atoms with E-state index in [1.807, 2.05) is 21.7 Å². The average molecular weight is 727 g/mol. The number of carbonyl (C=O) groups is 6. The van der Waals surface area contributed by atoms with E-state index in [4.69, 9.17) is 0 Å². The molecule has 0 aliphatic heterocycles. The minimum absolute atomic E-state index is 0. The Kier molecular flexibility index (Phi) is 83.5. The molecule has 0 saturated heterocycles. The summed E-state index contributed by atoms with van der Waals surface area (Å²) in [6.07, 6.45) is 18.7. The van der Waals surface area contributed by atoms with E-state index >= 15 is 0 Å². The van der Waals surface area contributed by atoms with E-state index < -0.39 is 11.8 Å². The average Bonchev–Trinajstić information content (AvgIpc) is 3.00. The third-order valence-corrected chi connectivity index (χ3v) is 4.09. The molecular formula is C25H62BN12O6Y-2. The van der Waals surface area contributed by atoms with E-state index in [0.29, 0.717) is 0 Å². The molecule has 0 aromatic carbocycles. The first-order valence-corrected chi connectivity index (χ1v) is 12.8. The fourth-order valence-electron chi connectivity index (χ4n) is 2.04. The van der Waals surface area contributed by atoms with Gasteiger partial charge in [-0.15, -0.1) is 0 Å². The summed E-state index contributed by atoms with van der Waals surface area (Å²) in [6, 6.07) is 0. The molecule has 0 aromatic rings. The van der Waals surface area contributed by atoms with Crippen molar-refractivity contribution in [2.75, 3.05) is 0 Å². The van der Waals surface area contributed by atoms with Gasteiger partial charge in [-0.3, -0.25) is 61.3 Å². The summed E-state index contributed by atoms with van der Waals surface area (Å²) >= 11 is 0. The van der Waals surface area contributed by atoms with Gasteiger partial charge in [0.05, 0.1) is 0 Å². The number of nitrogens with one attached hydrogen (secondary N) is 6. The van der Waals surface area contributed by atoms with Crippen LogP contribution in [0.2, 0.25) is 0 Å². The van der Waals surface area contributed by atoms with Crippen LogP contribution in [0.1, 0.15) is 113 Å². The van der Waals surface area contributed by atoms with E-state index in [0.717, 1.165) is 0 Å². The maximum Gasteiger partial charge on any atom is 0.243 e. The quantitative estimate of drug-likeness (QED) is 0.0388. The minimum atomic E-state index is -0.571. The smallest absolute Gasteiger partial charge is 0.243 e. The molecule has 0 atom stereocenters. The topological polar surface area (TPSA) is 331 Å². The Bertz CT molecular complexity index is 571. The Labute approximate surface area is 297 Å². The number of carbonyl (C=O) groups excluding carboxylic acids is 6. The van der Waals surface area contributed by atoms with Gasteiger partial charge >= 0.3 is 0 Å². The Hall–Kier alpha value is -2.25. The number of nitrogens with two attached hydrogens (primary N) is 6. The van der Waals surface area contributed by atoms with Crippen LogP contribution in [0.25, 0.3) is 0 Å². The Balaban J connectivity index is -0.0000000478. The van der Waals surface area contributed by atoms with Crippen LogP contribution in [0.5, 0.6) is 0 Å². The summed E-state index contributed by atoms with van der Waals surface area (Å²) < 4.78 is 0. The standard InChI is InChI=1S/2C6H11.C3H8N4O2.4C2H6N2O.2CH4.B.Y/c2*1-2-4-6-5-3-1;4-6-2(8)1-3(9)7-5;4*1-2(5)4-3;;;;/h2*1H,2-6H2;1,4-5H2,(H,6,8)(H,7,9);4*3H2,1H3,(H,4,5);2*1H4;;/q2*-1;;;;;;;;;. The summed E-state index contributed by atoms with van der Waals surface area (Å²) in [4.78, 5) is 58.8. The molecule has 18 N–H and O–H groups in total. The normalized spacial score (nSPS) is 11.1. The van der Waals surface area contributed by atoms with Crippen molar-refractivity contribution in [2.45, 2.75) is 113 Å². The Morgan fingerprint density at radius 1 is 0.467 bits per heavy atom. The molecule has 6 amide bonds. The van der Waals surface area contributed by atoms with Gasteiger partial charge in [0.1, 0.15) is 6.42 Å². The molecule has 2 aliphatic carbocycles. The van der Waals surface area contributed by atoms with Crippen molar-refractivity contribution in [3.63, 3.8) is 0 Å². The van der Waals surface area contributed by atoms with Crippen LogP contribution in [0.15, 0.2) is 0 Å². The third-order valence-electron chi connectivity index (χ3n) is 4.09. The van der Waals surface area contributed by atoms with E-state index in [2.05, 4.69) is 47.9 Å². The van der Waals surface area contributed by atoms with Crippen LogP contribution in [-0.4, -0.2) is 43.9 Å². The van der Waals surface area contributed by atoms with Gasteiger partial charge in [0.2, 0.25) is 35.4 Å². The zero-order valence-corrected chi connectivity index (χ0v) is 28.8. The summed E-state index contributed by atoms with van der Waals surface area (Å²) in [5, 5.41) is 0. The predicted molar refractivity (Wildman–Crippen MR) is 175 cm³/mol. The van der Waals surface area contributed by atoms with Crippen LogP contribution in [0, 0.1) is 12.8 Å². The molecule has 2 aliphatic rings. The van der Waals surface area contributed by atoms with Crippen molar-refractivity contribution in [2.24, 2.45) is 35.1 Å². The number of rotatable bonds is 2. The van der Waals surface area contributed by atoms with Crippen LogP contribution < -0.4 is 67.6 Å². The molecule has 0 heterocycles. The van der Waals surface area contributed by atoms with E-state index in [1.165, 1.54) is 91.9 Å². The van der Waals surface area contributed by atoms with Crippen LogP contribution in [-0.2, 0) is 61.5 Å². The molecule has 0 spiro atoms. The maximum atomic E-state index is 10.2. The molecule has 20 heteroatoms. The first-order valence-electron chi connectivity index (χ1n) is 12.8. The van der Waals surface area contributed by atoms with E-state index in [-0.39, 0.29) is 86.0 Å². The van der Waals surface area contributed by atoms with Gasteiger partial charge in [0, 0.05) is 68.8 Å². The molecule has 0 bridgehead atoms. The fourth-order valence-corrected chi connectivity index (χ4v) is 2.04. The zero-order chi connectivity index (χ0) is 32.9. The largest absolute Gasteiger partial charge is 0.328 e. The molecule has 2 saturated carbocycles. The molecule has 0 aromatic heterocycles. The molecule has 18 nitrogen and oxygen atoms in total. The van der Waals surface area contributed by atoms with Gasteiger partial charge in [-0.1, -0.05) is 53.4 Å². The monoisotopic (exact) mass is 726 g/mol. The third kappa shape index (κ3) is 99.5. The van der Waals surface area contributed by atoms with Gasteiger partial charge in [-0.25, -0.2) is 35.1 Å². The summed E-state index contributed by atoms with van der Waals surface area (Å²) in [5.41, 5.74) is 11.1. The molecule has 266 valence electrons. The number of hydrogen-bond donors (Lipinski definition) is 12. The molecule has 2 fully saturated rings. The second-order valence-corrected chi connectivity index (χ2v) is 7.97. The Morgan fingerprint density at radius 2 is 0.644 bits per heavy atom. The van der Waals surface area contributed by atoms with Crippen molar-refractivity contribution in [1.82, 2.24) is 32.6 Å². The van der Waals surface area contributed by atoms with Crippen LogP contribution in [0.3, 0.4) is 0 Å². The SMILES string of the molecule is C.C.CC(=O)NN.CC(=O)NN.CC(=O)NN.CC(=O)NN.NNC(=O)CC(=O)NN.[B].[CH-]1CCCCC1.[CH-]1CCCCC1.[Y]. The van der Waals surface area contributed by atoms with Crippen molar-refractivity contribution in [1.29, 1.82) is 0 Å². The number of hydrogen-bond acceptors (Lipinski definition) is 12. The van der Waals surface area contributed by atoms with Crippen molar-refractivity contribution < 1.29 is 61.5 Å². The van der Waals surface area contributed by atoms with Crippen LogP contribution in [0.4, 0.5) is 0 Å². The summed E-state index contributed by atoms with van der Waals surface area (Å²) in [6.45, 7) is 5.39. The van der Waals surface area contributed by atoms with Crippen LogP contribution >= 0.6 is 0 Å². The summed E-state index contributed by atoms with van der Waals surface area (Å²) in [5.74, 6) is 25.6. The van der Waals surface area contributed by atoms with Gasteiger partial charge in [-0.2, -0.15) is 25.7 Å². The molecular weight excluding hydrogens is 664 g/mol. The fraction of sp³-hybridized carbons (Fsp3) is 0.680. The first-order chi connectivity index (χ1) is 19.3. The molecule has 0 unspecified atom stereocenters. The molecule has 45 heavy (non-hydrogen) atoms.